The van der Waals surface area contributed by atoms with Crippen molar-refractivity contribution in [2.45, 2.75) is 0 Å². The van der Waals surface area contributed by atoms with E-state index >= 15 is 0 Å². The van der Waals surface area contributed by atoms with Crippen molar-refractivity contribution in [1.82, 2.24) is 0 Å². The summed E-state index contributed by atoms with van der Waals surface area (Å²) < 4.78 is 8.88. The minimum atomic E-state index is -4.64. The number of rotatable bonds is 0. The van der Waals surface area contributed by atoms with Gasteiger partial charge in [-0.05, 0) is 0 Å². The summed E-state index contributed by atoms with van der Waals surface area (Å²) in [5.74, 6) is 0. The molecule has 6 nitrogen and oxygen atoms in total. The molecule has 0 radical (unpaired) electrons. The predicted molar refractivity (Wildman–Crippen MR) is 31.0 cm³/mol. The Balaban J connectivity index is -0.00000000381. The summed E-state index contributed by atoms with van der Waals surface area (Å²) in [5, 5.41) is 0. The average Bonchev–Trinajstić information content (AvgIpc) is 0.722. The van der Waals surface area contributed by atoms with Gasteiger partial charge in [0.25, 0.3) is 0 Å². The molecular weight excluding hydrogens is 208 g/mol. The zero-order valence-electron chi connectivity index (χ0n) is 7.61. The van der Waals surface area contributed by atoms with Gasteiger partial charge in [-0.25, -0.2) is 4.57 Å². The normalized spacial score (nSPS) is 5.90. The van der Waals surface area contributed by atoms with E-state index in [1.807, 2.05) is 0 Å². The number of halogens is 1. The summed E-state index contributed by atoms with van der Waals surface area (Å²) in [5.41, 5.74) is 0. The summed E-state index contributed by atoms with van der Waals surface area (Å²) >= 11 is 0. The van der Waals surface area contributed by atoms with Gasteiger partial charge in [0.2, 0.25) is 0 Å². The Morgan fingerprint density at radius 1 is 1.00 bits per heavy atom. The van der Waals surface area contributed by atoms with E-state index in [0.717, 1.165) is 0 Å². The zero-order valence-corrected chi connectivity index (χ0v) is 11.3. The van der Waals surface area contributed by atoms with Crippen LogP contribution >= 0.6 is 20.2 Å². The molecule has 0 aliphatic carbocycles. The van der Waals surface area contributed by atoms with Crippen LogP contribution < -0.4 is 59.1 Å². The number of phosphoric acid groups is 1. The Bertz CT molecular complexity index is 69.7. The molecule has 0 heterocycles. The first-order chi connectivity index (χ1) is 2.00. The molecular formula is H10ClNa2O6P. The first-order valence-electron chi connectivity index (χ1n) is 0.783. The largest absolute Gasteiger partial charge is 1.00 e. The standard InChI is InChI=1S/ClH.2Na.H3O4P.2H2O.2H/c;;;1-5(2,3)4;;;;/h1H;;;(H3,1,2,3,4);2*1H2;;/q;2*+1;;;;2*-1. The number of hydrogen-bond acceptors (Lipinski definition) is 1. The van der Waals surface area contributed by atoms with E-state index in [0.29, 0.717) is 0 Å². The van der Waals surface area contributed by atoms with Crippen LogP contribution in [0.5, 0.6) is 0 Å². The van der Waals surface area contributed by atoms with Crippen LogP contribution in [0.2, 0.25) is 0 Å². The van der Waals surface area contributed by atoms with Gasteiger partial charge in [-0.15, -0.1) is 12.4 Å². The Morgan fingerprint density at radius 2 is 1.00 bits per heavy atom. The molecule has 60 valence electrons. The van der Waals surface area contributed by atoms with E-state index in [9.17, 15) is 0 Å². The van der Waals surface area contributed by atoms with Crippen molar-refractivity contribution in [3.63, 3.8) is 0 Å². The molecule has 7 N–H and O–H groups in total. The van der Waals surface area contributed by atoms with Crippen LogP contribution in [0.25, 0.3) is 0 Å². The molecule has 0 saturated carbocycles. The van der Waals surface area contributed by atoms with Crippen molar-refractivity contribution in [2.75, 3.05) is 0 Å². The minimum absolute atomic E-state index is 0. The van der Waals surface area contributed by atoms with E-state index in [-0.39, 0.29) is 85.3 Å². The smallest absolute Gasteiger partial charge is 1.00 e. The molecule has 0 aliphatic rings. The summed E-state index contributed by atoms with van der Waals surface area (Å²) in [6.45, 7) is 0. The Hall–Kier alpha value is 2.32. The van der Waals surface area contributed by atoms with Crippen molar-refractivity contribution in [1.29, 1.82) is 0 Å². The molecule has 0 atom stereocenters. The molecule has 0 aromatic carbocycles. The molecule has 0 saturated heterocycles. The fourth-order valence-corrected chi connectivity index (χ4v) is 0. The van der Waals surface area contributed by atoms with Crippen molar-refractivity contribution in [2.24, 2.45) is 0 Å². The fourth-order valence-electron chi connectivity index (χ4n) is 0. The monoisotopic (exact) mass is 218 g/mol. The molecule has 0 spiro atoms. The van der Waals surface area contributed by atoms with E-state index < -0.39 is 7.82 Å². The second kappa shape index (κ2) is 17.4. The summed E-state index contributed by atoms with van der Waals surface area (Å²) in [4.78, 5) is 21.6. The van der Waals surface area contributed by atoms with Crippen LogP contribution in [0, 0.1) is 0 Å². The second-order valence-corrected chi connectivity index (χ2v) is 1.54. The third kappa shape index (κ3) is 167. The van der Waals surface area contributed by atoms with Crippen LogP contribution in [0.1, 0.15) is 2.85 Å². The maximum atomic E-state index is 8.88. The first-order valence-corrected chi connectivity index (χ1v) is 2.35. The number of hydrogen-bond donors (Lipinski definition) is 3. The summed E-state index contributed by atoms with van der Waals surface area (Å²) in [6.07, 6.45) is 0. The molecule has 0 aromatic heterocycles. The van der Waals surface area contributed by atoms with E-state index in [4.69, 9.17) is 19.2 Å². The fraction of sp³-hybridized carbons (Fsp3) is 0. The van der Waals surface area contributed by atoms with Crippen LogP contribution in [0.4, 0.5) is 0 Å². The first kappa shape index (κ1) is 39.5. The average molecular weight is 218 g/mol. The van der Waals surface area contributed by atoms with Crippen molar-refractivity contribution in [3.8, 4) is 0 Å². The predicted octanol–water partition coefficient (Wildman–Crippen LogP) is -7.92. The van der Waals surface area contributed by atoms with Gasteiger partial charge in [0.15, 0.2) is 0 Å². The summed E-state index contributed by atoms with van der Waals surface area (Å²) in [6, 6.07) is 0. The third-order valence-electron chi connectivity index (χ3n) is 0. The SMILES string of the molecule is Cl.O.O.O=P(O)(O)O.[H-].[H-].[Na+].[Na+]. The van der Waals surface area contributed by atoms with Gasteiger partial charge in [0.1, 0.15) is 0 Å². The second-order valence-electron chi connectivity index (χ2n) is 0.513. The molecule has 0 unspecified atom stereocenters. The van der Waals surface area contributed by atoms with Gasteiger partial charge in [-0.1, -0.05) is 0 Å². The third-order valence-corrected chi connectivity index (χ3v) is 0. The van der Waals surface area contributed by atoms with Crippen molar-refractivity contribution >= 4 is 20.2 Å². The Morgan fingerprint density at radius 3 is 1.00 bits per heavy atom. The van der Waals surface area contributed by atoms with Crippen LogP contribution in [-0.2, 0) is 4.57 Å². The van der Waals surface area contributed by atoms with Crippen molar-refractivity contribution < 1.29 is 92.2 Å². The van der Waals surface area contributed by atoms with Gasteiger partial charge >= 0.3 is 66.9 Å². The quantitative estimate of drug-likeness (QED) is 0.274. The van der Waals surface area contributed by atoms with Crippen LogP contribution in [0.15, 0.2) is 0 Å². The van der Waals surface area contributed by atoms with E-state index in [2.05, 4.69) is 0 Å². The molecule has 0 amide bonds. The van der Waals surface area contributed by atoms with E-state index in [1.54, 1.807) is 0 Å². The van der Waals surface area contributed by atoms with E-state index in [1.165, 1.54) is 0 Å². The van der Waals surface area contributed by atoms with Gasteiger partial charge in [-0.3, -0.25) is 0 Å². The molecule has 0 aromatic rings. The molecule has 10 heavy (non-hydrogen) atoms. The molecule has 0 rings (SSSR count). The van der Waals surface area contributed by atoms with Gasteiger partial charge in [0, 0.05) is 0 Å². The van der Waals surface area contributed by atoms with Gasteiger partial charge < -0.3 is 28.5 Å². The van der Waals surface area contributed by atoms with Gasteiger partial charge in [-0.2, -0.15) is 0 Å². The maximum absolute atomic E-state index is 8.88. The molecule has 0 fully saturated rings. The van der Waals surface area contributed by atoms with Gasteiger partial charge in [0.05, 0.1) is 0 Å². The van der Waals surface area contributed by atoms with Crippen LogP contribution in [-0.4, -0.2) is 25.6 Å². The molecule has 10 heteroatoms. The molecule has 0 aliphatic heterocycles. The Labute approximate surface area is 111 Å². The van der Waals surface area contributed by atoms with Crippen LogP contribution in [0.3, 0.4) is 0 Å². The minimum Gasteiger partial charge on any atom is -1.00 e. The maximum Gasteiger partial charge on any atom is 1.00 e. The zero-order chi connectivity index (χ0) is 4.50. The molecule has 0 bridgehead atoms. The topological polar surface area (TPSA) is 141 Å². The summed E-state index contributed by atoms with van der Waals surface area (Å²) in [7, 11) is -4.64. The Kier molecular flexibility index (Phi) is 68.8. The van der Waals surface area contributed by atoms with Crippen molar-refractivity contribution in [3.05, 3.63) is 0 Å².